The Morgan fingerprint density at radius 1 is 1.25 bits per heavy atom. The second-order valence-corrected chi connectivity index (χ2v) is 5.11. The van der Waals surface area contributed by atoms with Gasteiger partial charge in [-0.05, 0) is 31.4 Å². The van der Waals surface area contributed by atoms with Crippen LogP contribution in [0.4, 0.5) is 5.69 Å². The summed E-state index contributed by atoms with van der Waals surface area (Å²) >= 11 is 0. The third-order valence-electron chi connectivity index (χ3n) is 3.78. The van der Waals surface area contributed by atoms with E-state index in [1.165, 1.54) is 0 Å². The summed E-state index contributed by atoms with van der Waals surface area (Å²) in [5.74, 6) is 0.429. The van der Waals surface area contributed by atoms with Gasteiger partial charge in [-0.15, -0.1) is 0 Å². The van der Waals surface area contributed by atoms with Crippen molar-refractivity contribution in [3.05, 3.63) is 18.2 Å². The van der Waals surface area contributed by atoms with Gasteiger partial charge in [0.2, 0.25) is 0 Å². The largest absolute Gasteiger partial charge is 0.493 e. The minimum absolute atomic E-state index is 0.197. The second kappa shape index (κ2) is 6.50. The lowest BCUT2D eigenvalue weighted by molar-refractivity contribution is -0.142. The van der Waals surface area contributed by atoms with E-state index < -0.39 is 5.97 Å². The Bertz CT molecular complexity index is 475. The summed E-state index contributed by atoms with van der Waals surface area (Å²) in [6, 6.07) is 5.84. The Kier molecular flexibility index (Phi) is 4.71. The van der Waals surface area contributed by atoms with Crippen molar-refractivity contribution in [2.75, 3.05) is 19.5 Å². The van der Waals surface area contributed by atoms with Crippen molar-refractivity contribution in [1.29, 1.82) is 0 Å². The Labute approximate surface area is 118 Å². The van der Waals surface area contributed by atoms with Crippen LogP contribution in [0.15, 0.2) is 18.2 Å². The van der Waals surface area contributed by atoms with Crippen molar-refractivity contribution < 1.29 is 19.4 Å². The highest BCUT2D eigenvalue weighted by molar-refractivity contribution is 5.70. The first kappa shape index (κ1) is 14.5. The number of benzene rings is 1. The van der Waals surface area contributed by atoms with Gasteiger partial charge in [0.05, 0.1) is 20.1 Å². The fourth-order valence-corrected chi connectivity index (χ4v) is 2.71. The van der Waals surface area contributed by atoms with Crippen molar-refractivity contribution in [2.24, 2.45) is 5.92 Å². The van der Waals surface area contributed by atoms with E-state index in [2.05, 4.69) is 5.32 Å². The number of carbonyl (C=O) groups is 1. The lowest BCUT2D eigenvalue weighted by Gasteiger charge is -2.28. The van der Waals surface area contributed by atoms with Crippen molar-refractivity contribution in [2.45, 2.75) is 31.7 Å². The molecule has 1 aliphatic rings. The number of ether oxygens (including phenoxy) is 2. The molecule has 1 saturated carbocycles. The van der Waals surface area contributed by atoms with Crippen molar-refractivity contribution >= 4 is 11.7 Å². The summed E-state index contributed by atoms with van der Waals surface area (Å²) in [5, 5.41) is 12.5. The molecule has 20 heavy (non-hydrogen) atoms. The van der Waals surface area contributed by atoms with Crippen molar-refractivity contribution in [1.82, 2.24) is 0 Å². The van der Waals surface area contributed by atoms with Crippen LogP contribution >= 0.6 is 0 Å². The summed E-state index contributed by atoms with van der Waals surface area (Å²) < 4.78 is 10.5. The second-order valence-electron chi connectivity index (χ2n) is 5.11. The number of carboxylic acids is 1. The maximum Gasteiger partial charge on any atom is 0.306 e. The zero-order valence-corrected chi connectivity index (χ0v) is 11.9. The molecule has 1 aromatic carbocycles. The van der Waals surface area contributed by atoms with Gasteiger partial charge in [-0.1, -0.05) is 6.42 Å². The van der Waals surface area contributed by atoms with Gasteiger partial charge in [0, 0.05) is 17.8 Å². The SMILES string of the molecule is COc1ccc(NC2CCCC(C(=O)O)C2)cc1OC. The fourth-order valence-electron chi connectivity index (χ4n) is 2.71. The molecular formula is C15H21NO4. The third kappa shape index (κ3) is 3.35. The van der Waals surface area contributed by atoms with Crippen molar-refractivity contribution in [3.8, 4) is 11.5 Å². The number of carboxylic acid groups (broad SMARTS) is 1. The standard InChI is InChI=1S/C15H21NO4/c1-19-13-7-6-12(9-14(13)20-2)16-11-5-3-4-10(8-11)15(17)18/h6-7,9-11,16H,3-5,8H2,1-2H3,(H,17,18). The van der Waals surface area contributed by atoms with Gasteiger partial charge < -0.3 is 19.9 Å². The molecule has 2 atom stereocenters. The molecule has 110 valence electrons. The van der Waals surface area contributed by atoms with E-state index in [1.807, 2.05) is 18.2 Å². The summed E-state index contributed by atoms with van der Waals surface area (Å²) in [5.41, 5.74) is 0.929. The smallest absolute Gasteiger partial charge is 0.306 e. The normalized spacial score (nSPS) is 22.1. The number of nitrogens with one attached hydrogen (secondary N) is 1. The van der Waals surface area contributed by atoms with E-state index in [-0.39, 0.29) is 12.0 Å². The minimum Gasteiger partial charge on any atom is -0.493 e. The molecular weight excluding hydrogens is 258 g/mol. The molecule has 0 heterocycles. The van der Waals surface area contributed by atoms with Crippen molar-refractivity contribution in [3.63, 3.8) is 0 Å². The van der Waals surface area contributed by atoms with Gasteiger partial charge in [-0.25, -0.2) is 0 Å². The van der Waals surface area contributed by atoms with Crippen LogP contribution in [0, 0.1) is 5.92 Å². The first-order chi connectivity index (χ1) is 9.63. The number of rotatable bonds is 5. The monoisotopic (exact) mass is 279 g/mol. The zero-order valence-electron chi connectivity index (χ0n) is 11.9. The lowest BCUT2D eigenvalue weighted by atomic mass is 9.85. The van der Waals surface area contributed by atoms with E-state index >= 15 is 0 Å². The predicted octanol–water partition coefficient (Wildman–Crippen LogP) is 2.76. The maximum absolute atomic E-state index is 11.1. The van der Waals surface area contributed by atoms with Gasteiger partial charge in [0.15, 0.2) is 11.5 Å². The highest BCUT2D eigenvalue weighted by atomic mass is 16.5. The molecule has 1 aromatic rings. The molecule has 2 unspecified atom stereocenters. The topological polar surface area (TPSA) is 67.8 Å². The Morgan fingerprint density at radius 2 is 2.00 bits per heavy atom. The van der Waals surface area contributed by atoms with Crippen LogP contribution in [0.2, 0.25) is 0 Å². The van der Waals surface area contributed by atoms with E-state index in [1.54, 1.807) is 14.2 Å². The third-order valence-corrected chi connectivity index (χ3v) is 3.78. The van der Waals surface area contributed by atoms with E-state index in [0.717, 1.165) is 24.9 Å². The number of hydrogen-bond donors (Lipinski definition) is 2. The summed E-state index contributed by atoms with van der Waals surface area (Å²) in [6.45, 7) is 0. The molecule has 5 heteroatoms. The Hall–Kier alpha value is -1.91. The molecule has 0 amide bonds. The number of anilines is 1. The molecule has 2 rings (SSSR count). The van der Waals surface area contributed by atoms with Crippen LogP contribution in [0.5, 0.6) is 11.5 Å². The van der Waals surface area contributed by atoms with E-state index in [9.17, 15) is 4.79 Å². The molecule has 5 nitrogen and oxygen atoms in total. The molecule has 0 aliphatic heterocycles. The summed E-state index contributed by atoms with van der Waals surface area (Å²) in [7, 11) is 3.20. The highest BCUT2D eigenvalue weighted by Crippen LogP contribution is 2.32. The first-order valence-electron chi connectivity index (χ1n) is 6.85. The average Bonchev–Trinajstić information content (AvgIpc) is 2.47. The number of methoxy groups -OCH3 is 2. The van der Waals surface area contributed by atoms with Crippen LogP contribution in [-0.4, -0.2) is 31.3 Å². The van der Waals surface area contributed by atoms with E-state index in [4.69, 9.17) is 14.6 Å². The molecule has 1 aliphatic carbocycles. The highest BCUT2D eigenvalue weighted by Gasteiger charge is 2.26. The van der Waals surface area contributed by atoms with Crippen LogP contribution in [0.25, 0.3) is 0 Å². The zero-order chi connectivity index (χ0) is 14.5. The van der Waals surface area contributed by atoms with Gasteiger partial charge in [0.25, 0.3) is 0 Å². The molecule has 0 bridgehead atoms. The Morgan fingerprint density at radius 3 is 2.65 bits per heavy atom. The first-order valence-corrected chi connectivity index (χ1v) is 6.85. The molecule has 0 aromatic heterocycles. The van der Waals surface area contributed by atoms with Gasteiger partial charge in [0.1, 0.15) is 0 Å². The molecule has 0 radical (unpaired) electrons. The quantitative estimate of drug-likeness (QED) is 0.867. The molecule has 0 saturated heterocycles. The van der Waals surface area contributed by atoms with Gasteiger partial charge in [-0.2, -0.15) is 0 Å². The van der Waals surface area contributed by atoms with E-state index in [0.29, 0.717) is 17.9 Å². The minimum atomic E-state index is -0.691. The van der Waals surface area contributed by atoms with Crippen LogP contribution in [0.3, 0.4) is 0 Å². The number of aliphatic carboxylic acids is 1. The summed E-state index contributed by atoms with van der Waals surface area (Å²) in [4.78, 5) is 11.1. The predicted molar refractivity (Wildman–Crippen MR) is 76.6 cm³/mol. The van der Waals surface area contributed by atoms with Crippen LogP contribution < -0.4 is 14.8 Å². The number of hydrogen-bond acceptors (Lipinski definition) is 4. The lowest BCUT2D eigenvalue weighted by Crippen LogP contribution is -2.30. The van der Waals surface area contributed by atoms with Gasteiger partial charge >= 0.3 is 5.97 Å². The molecule has 2 N–H and O–H groups in total. The molecule has 1 fully saturated rings. The molecule has 0 spiro atoms. The van der Waals surface area contributed by atoms with Gasteiger partial charge in [-0.3, -0.25) is 4.79 Å². The maximum atomic E-state index is 11.1. The Balaban J connectivity index is 2.04. The van der Waals surface area contributed by atoms with Crippen LogP contribution in [0.1, 0.15) is 25.7 Å². The fraction of sp³-hybridized carbons (Fsp3) is 0.533. The summed E-state index contributed by atoms with van der Waals surface area (Å²) in [6.07, 6.45) is 3.39. The average molecular weight is 279 g/mol. The van der Waals surface area contributed by atoms with Crippen LogP contribution in [-0.2, 0) is 4.79 Å².